The minimum Gasteiger partial charge on any atom is -0.456 e. The summed E-state index contributed by atoms with van der Waals surface area (Å²) in [4.78, 5) is 13.0. The molecule has 0 aliphatic carbocycles. The molecule has 0 saturated carbocycles. The number of para-hydroxylation sites is 2. The summed E-state index contributed by atoms with van der Waals surface area (Å²) in [5.74, 6) is 0.600. The molecule has 1 amide bonds. The fraction of sp³-hybridized carbons (Fsp3) is 0.0606. The van der Waals surface area contributed by atoms with Gasteiger partial charge < -0.3 is 14.5 Å². The number of nitrogens with zero attached hydrogens (tertiary/aromatic N) is 1. The van der Waals surface area contributed by atoms with E-state index in [1.165, 1.54) is 4.31 Å². The highest BCUT2D eigenvalue weighted by Gasteiger charge is 2.23. The molecule has 0 spiro atoms. The summed E-state index contributed by atoms with van der Waals surface area (Å²) < 4.78 is 39.0. The smallest absolute Gasteiger partial charge is 0.255 e. The summed E-state index contributed by atoms with van der Waals surface area (Å²) in [6.07, 6.45) is 1.13. The lowest BCUT2D eigenvalue weighted by Gasteiger charge is -2.25. The predicted octanol–water partition coefficient (Wildman–Crippen LogP) is 8.25. The highest BCUT2D eigenvalue weighted by atomic mass is 35.5. The van der Waals surface area contributed by atoms with E-state index in [4.69, 9.17) is 20.8 Å². The fourth-order valence-electron chi connectivity index (χ4n) is 4.70. The van der Waals surface area contributed by atoms with Crippen LogP contribution in [0.4, 0.5) is 11.4 Å². The van der Waals surface area contributed by atoms with E-state index in [-0.39, 0.29) is 12.5 Å². The third-order valence-electron chi connectivity index (χ3n) is 6.74. The molecule has 0 saturated heterocycles. The van der Waals surface area contributed by atoms with E-state index in [0.717, 1.165) is 22.6 Å². The Morgan fingerprint density at radius 2 is 1.55 bits per heavy atom. The van der Waals surface area contributed by atoms with Crippen LogP contribution < -0.4 is 14.4 Å². The second-order valence-corrected chi connectivity index (χ2v) is 12.1. The van der Waals surface area contributed by atoms with Gasteiger partial charge in [0, 0.05) is 33.1 Å². The molecule has 1 aromatic heterocycles. The molecule has 6 rings (SSSR count). The summed E-state index contributed by atoms with van der Waals surface area (Å²) in [5.41, 5.74) is 3.46. The molecule has 0 fully saturated rings. The summed E-state index contributed by atoms with van der Waals surface area (Å²) in [5, 5.41) is 5.26. The van der Waals surface area contributed by atoms with Crippen LogP contribution in [0.15, 0.2) is 120 Å². The molecule has 1 heterocycles. The molecular weight excluding hydrogens is 572 g/mol. The third-order valence-corrected chi connectivity index (χ3v) is 8.10. The van der Waals surface area contributed by atoms with Crippen molar-refractivity contribution in [2.45, 2.75) is 6.54 Å². The number of rotatable bonds is 8. The second kappa shape index (κ2) is 11.2. The minimum absolute atomic E-state index is 0.00887. The molecule has 6 aromatic rings. The second-order valence-electron chi connectivity index (χ2n) is 9.76. The maximum absolute atomic E-state index is 13.0. The quantitative estimate of drug-likeness (QED) is 0.191. The molecule has 0 atom stereocenters. The number of furan rings is 1. The van der Waals surface area contributed by atoms with Gasteiger partial charge in [-0.2, -0.15) is 0 Å². The van der Waals surface area contributed by atoms with Gasteiger partial charge in [0.2, 0.25) is 10.0 Å². The van der Waals surface area contributed by atoms with Gasteiger partial charge in [-0.15, -0.1) is 0 Å². The average molecular weight is 597 g/mol. The van der Waals surface area contributed by atoms with Gasteiger partial charge in [-0.05, 0) is 66.2 Å². The normalized spacial score (nSPS) is 11.5. The molecule has 0 aliphatic rings. The van der Waals surface area contributed by atoms with Crippen LogP contribution >= 0.6 is 11.6 Å². The molecule has 42 heavy (non-hydrogen) atoms. The Kier molecular flexibility index (Phi) is 7.33. The van der Waals surface area contributed by atoms with Crippen LogP contribution in [0.2, 0.25) is 5.02 Å². The first-order valence-electron chi connectivity index (χ1n) is 13.1. The summed E-state index contributed by atoms with van der Waals surface area (Å²) in [6, 6.07) is 34.0. The number of fused-ring (bicyclic) bond motifs is 3. The molecule has 0 aliphatic heterocycles. The van der Waals surface area contributed by atoms with Gasteiger partial charge in [0.25, 0.3) is 5.91 Å². The maximum Gasteiger partial charge on any atom is 0.255 e. The molecule has 9 heteroatoms. The minimum atomic E-state index is -3.74. The Balaban J connectivity index is 1.22. The average Bonchev–Trinajstić information content (AvgIpc) is 3.35. The van der Waals surface area contributed by atoms with Crippen LogP contribution in [-0.2, 0) is 16.6 Å². The fourth-order valence-corrected chi connectivity index (χ4v) is 5.75. The number of halogens is 1. The van der Waals surface area contributed by atoms with Crippen molar-refractivity contribution in [1.29, 1.82) is 0 Å². The number of hydrogen-bond acceptors (Lipinski definition) is 5. The Bertz CT molecular complexity index is 2020. The number of carbonyl (C=O) groups is 1. The monoisotopic (exact) mass is 596 g/mol. The molecule has 7 nitrogen and oxygen atoms in total. The first kappa shape index (κ1) is 27.4. The number of sulfonamides is 1. The van der Waals surface area contributed by atoms with E-state index in [2.05, 4.69) is 5.32 Å². The van der Waals surface area contributed by atoms with Crippen molar-refractivity contribution in [1.82, 2.24) is 0 Å². The highest BCUT2D eigenvalue weighted by molar-refractivity contribution is 7.92. The number of anilines is 2. The zero-order valence-corrected chi connectivity index (χ0v) is 24.0. The van der Waals surface area contributed by atoms with Crippen LogP contribution in [0.1, 0.15) is 15.9 Å². The van der Waals surface area contributed by atoms with Crippen LogP contribution in [0, 0.1) is 0 Å². The Labute approximate surface area is 248 Å². The van der Waals surface area contributed by atoms with Crippen molar-refractivity contribution >= 4 is 60.8 Å². The van der Waals surface area contributed by atoms with E-state index in [9.17, 15) is 13.2 Å². The number of ether oxygens (including phenoxy) is 1. The van der Waals surface area contributed by atoms with E-state index in [1.54, 1.807) is 60.7 Å². The summed E-state index contributed by atoms with van der Waals surface area (Å²) >= 11 is 6.26. The van der Waals surface area contributed by atoms with Gasteiger partial charge >= 0.3 is 0 Å². The van der Waals surface area contributed by atoms with Crippen molar-refractivity contribution in [3.8, 4) is 11.5 Å². The van der Waals surface area contributed by atoms with Crippen LogP contribution in [-0.4, -0.2) is 20.6 Å². The van der Waals surface area contributed by atoms with Gasteiger partial charge in [-0.25, -0.2) is 8.42 Å². The van der Waals surface area contributed by atoms with Crippen molar-refractivity contribution in [2.24, 2.45) is 0 Å². The van der Waals surface area contributed by atoms with Gasteiger partial charge in [0.15, 0.2) is 5.75 Å². The zero-order chi connectivity index (χ0) is 29.3. The first-order chi connectivity index (χ1) is 20.2. The summed E-state index contributed by atoms with van der Waals surface area (Å²) in [6.45, 7) is 0.00887. The van der Waals surface area contributed by atoms with E-state index in [1.807, 2.05) is 54.6 Å². The lowest BCUT2D eigenvalue weighted by atomic mass is 10.1. The van der Waals surface area contributed by atoms with Gasteiger partial charge in [-0.1, -0.05) is 60.1 Å². The lowest BCUT2D eigenvalue weighted by Crippen LogP contribution is -2.29. The molecule has 0 unspecified atom stereocenters. The number of benzene rings is 5. The lowest BCUT2D eigenvalue weighted by molar-refractivity contribution is 0.102. The topological polar surface area (TPSA) is 88.9 Å². The van der Waals surface area contributed by atoms with E-state index >= 15 is 0 Å². The van der Waals surface area contributed by atoms with E-state index < -0.39 is 10.0 Å². The molecule has 1 N–H and O–H groups in total. The van der Waals surface area contributed by atoms with Crippen molar-refractivity contribution < 1.29 is 22.4 Å². The molecule has 5 aromatic carbocycles. The Morgan fingerprint density at radius 1 is 0.833 bits per heavy atom. The van der Waals surface area contributed by atoms with Crippen molar-refractivity contribution in [3.05, 3.63) is 131 Å². The van der Waals surface area contributed by atoms with Crippen LogP contribution in [0.5, 0.6) is 11.5 Å². The number of hydrogen-bond donors (Lipinski definition) is 1. The van der Waals surface area contributed by atoms with Gasteiger partial charge in [0.1, 0.15) is 16.9 Å². The Hall–Kier alpha value is -4.79. The van der Waals surface area contributed by atoms with Crippen molar-refractivity contribution in [3.63, 3.8) is 0 Å². The highest BCUT2D eigenvalue weighted by Crippen LogP contribution is 2.37. The number of amides is 1. The standard InChI is InChI=1S/C33H25ClN2O5S/c1-42(38,39)36(29-19-24(34)15-18-31(29)40-26-7-3-2-4-8-26)21-22-11-13-23(14-12-22)33(37)35-25-16-17-28-27-9-5-6-10-30(27)41-32(28)20-25/h2-20H,21H2,1H3,(H,35,37). The molecule has 0 radical (unpaired) electrons. The van der Waals surface area contributed by atoms with Crippen molar-refractivity contribution in [2.75, 3.05) is 15.9 Å². The van der Waals surface area contributed by atoms with Crippen LogP contribution in [0.3, 0.4) is 0 Å². The summed E-state index contributed by atoms with van der Waals surface area (Å²) in [7, 11) is -3.74. The Morgan fingerprint density at radius 3 is 2.31 bits per heavy atom. The van der Waals surface area contributed by atoms with Gasteiger partial charge in [-0.3, -0.25) is 9.10 Å². The molecule has 210 valence electrons. The largest absolute Gasteiger partial charge is 0.456 e. The predicted molar refractivity (Wildman–Crippen MR) is 167 cm³/mol. The number of carbonyl (C=O) groups excluding carboxylic acids is 1. The van der Waals surface area contributed by atoms with Crippen LogP contribution in [0.25, 0.3) is 21.9 Å². The zero-order valence-electron chi connectivity index (χ0n) is 22.5. The maximum atomic E-state index is 13.0. The molecule has 0 bridgehead atoms. The molecular formula is C33H25ClN2O5S. The third kappa shape index (κ3) is 5.81. The number of nitrogens with one attached hydrogen (secondary N) is 1. The SMILES string of the molecule is CS(=O)(=O)N(Cc1ccc(C(=O)Nc2ccc3c(c2)oc2ccccc23)cc1)c1cc(Cl)ccc1Oc1ccccc1. The first-order valence-corrected chi connectivity index (χ1v) is 15.3. The van der Waals surface area contributed by atoms with Gasteiger partial charge in [0.05, 0.1) is 18.5 Å². The van der Waals surface area contributed by atoms with E-state index in [0.29, 0.717) is 44.6 Å².